The van der Waals surface area contributed by atoms with Crippen LogP contribution in [0.5, 0.6) is 0 Å². The van der Waals surface area contributed by atoms with E-state index in [0.717, 1.165) is 26.2 Å². The van der Waals surface area contributed by atoms with Crippen molar-refractivity contribution in [1.29, 1.82) is 0 Å². The maximum Gasteiger partial charge on any atom is 0.274 e. The molecular formula is C11H18N4O. The molecule has 88 valence electrons. The first-order valence-electron chi connectivity index (χ1n) is 5.72. The van der Waals surface area contributed by atoms with Crippen LogP contribution in [-0.2, 0) is 0 Å². The van der Waals surface area contributed by atoms with Crippen molar-refractivity contribution in [3.63, 3.8) is 0 Å². The van der Waals surface area contributed by atoms with E-state index in [1.54, 1.807) is 6.33 Å². The van der Waals surface area contributed by atoms with Gasteiger partial charge in [0.05, 0.1) is 6.33 Å². The van der Waals surface area contributed by atoms with Gasteiger partial charge in [-0.1, -0.05) is 0 Å². The summed E-state index contributed by atoms with van der Waals surface area (Å²) in [4.78, 5) is 18.1. The van der Waals surface area contributed by atoms with E-state index in [4.69, 9.17) is 0 Å². The number of carbonyl (C=O) groups excluding carboxylic acids is 1. The number of aromatic nitrogens is 2. The molecule has 0 aromatic carbocycles. The van der Waals surface area contributed by atoms with Crippen LogP contribution in [-0.4, -0.2) is 46.5 Å². The van der Waals surface area contributed by atoms with E-state index < -0.39 is 0 Å². The minimum Gasteiger partial charge on any atom is -0.335 e. The fourth-order valence-corrected chi connectivity index (χ4v) is 1.76. The lowest BCUT2D eigenvalue weighted by atomic mass is 10.3. The molecule has 0 bridgehead atoms. The minimum atomic E-state index is 0.0425. The molecule has 1 aromatic rings. The maximum atomic E-state index is 12.1. The number of nitrogens with zero attached hydrogens (tertiary/aromatic N) is 3. The Balaban J connectivity index is 2.07. The standard InChI is InChI=1S/C11H18N4O/c1-9(2)15-7-10(13-8-15)11(16)14-5-3-12-4-6-14/h7-9,12H,3-6H2,1-2H3. The van der Waals surface area contributed by atoms with Gasteiger partial charge >= 0.3 is 0 Å². The minimum absolute atomic E-state index is 0.0425. The predicted molar refractivity (Wildman–Crippen MR) is 61.4 cm³/mol. The van der Waals surface area contributed by atoms with E-state index in [2.05, 4.69) is 24.1 Å². The Bertz CT molecular complexity index is 366. The van der Waals surface area contributed by atoms with Crippen molar-refractivity contribution < 1.29 is 4.79 Å². The number of amides is 1. The molecule has 16 heavy (non-hydrogen) atoms. The van der Waals surface area contributed by atoms with Gasteiger partial charge in [-0.15, -0.1) is 0 Å². The van der Waals surface area contributed by atoms with Crippen LogP contribution in [0.3, 0.4) is 0 Å². The monoisotopic (exact) mass is 222 g/mol. The van der Waals surface area contributed by atoms with Crippen LogP contribution in [0.2, 0.25) is 0 Å². The summed E-state index contributed by atoms with van der Waals surface area (Å²) < 4.78 is 1.95. The van der Waals surface area contributed by atoms with E-state index in [0.29, 0.717) is 11.7 Å². The van der Waals surface area contributed by atoms with Crippen molar-refractivity contribution >= 4 is 5.91 Å². The van der Waals surface area contributed by atoms with Crippen LogP contribution < -0.4 is 5.32 Å². The van der Waals surface area contributed by atoms with Gasteiger partial charge in [-0.3, -0.25) is 4.79 Å². The average Bonchev–Trinajstić information content (AvgIpc) is 2.78. The highest BCUT2D eigenvalue weighted by Gasteiger charge is 2.19. The second kappa shape index (κ2) is 4.65. The highest BCUT2D eigenvalue weighted by atomic mass is 16.2. The first-order valence-corrected chi connectivity index (χ1v) is 5.72. The van der Waals surface area contributed by atoms with Crippen LogP contribution >= 0.6 is 0 Å². The van der Waals surface area contributed by atoms with Gasteiger partial charge in [-0.2, -0.15) is 0 Å². The third-order valence-corrected chi connectivity index (χ3v) is 2.82. The number of rotatable bonds is 2. The molecule has 1 N–H and O–H groups in total. The molecule has 5 heteroatoms. The highest BCUT2D eigenvalue weighted by molar-refractivity contribution is 5.92. The fraction of sp³-hybridized carbons (Fsp3) is 0.636. The van der Waals surface area contributed by atoms with Gasteiger partial charge in [0.2, 0.25) is 0 Å². The fourth-order valence-electron chi connectivity index (χ4n) is 1.76. The normalized spacial score (nSPS) is 16.8. The van der Waals surface area contributed by atoms with E-state index in [-0.39, 0.29) is 5.91 Å². The zero-order valence-electron chi connectivity index (χ0n) is 9.81. The summed E-state index contributed by atoms with van der Waals surface area (Å²) in [6.07, 6.45) is 3.55. The quantitative estimate of drug-likeness (QED) is 0.793. The number of imidazole rings is 1. The Labute approximate surface area is 95.5 Å². The summed E-state index contributed by atoms with van der Waals surface area (Å²) in [5, 5.41) is 3.22. The third kappa shape index (κ3) is 2.24. The number of carbonyl (C=O) groups is 1. The van der Waals surface area contributed by atoms with Crippen LogP contribution in [0.4, 0.5) is 0 Å². The van der Waals surface area contributed by atoms with Crippen molar-refractivity contribution in [2.75, 3.05) is 26.2 Å². The predicted octanol–water partition coefficient (Wildman–Crippen LogP) is 0.509. The van der Waals surface area contributed by atoms with Gasteiger partial charge in [0.25, 0.3) is 5.91 Å². The Kier molecular flexibility index (Phi) is 3.24. The summed E-state index contributed by atoms with van der Waals surface area (Å²) in [5.74, 6) is 0.0425. The van der Waals surface area contributed by atoms with Gasteiger partial charge in [0, 0.05) is 38.4 Å². The van der Waals surface area contributed by atoms with E-state index in [9.17, 15) is 4.79 Å². The van der Waals surface area contributed by atoms with Crippen LogP contribution in [0.15, 0.2) is 12.5 Å². The number of piperazine rings is 1. The molecule has 1 aliphatic heterocycles. The van der Waals surface area contributed by atoms with Crippen LogP contribution in [0.25, 0.3) is 0 Å². The molecule has 0 saturated carbocycles. The Morgan fingerprint density at radius 3 is 2.69 bits per heavy atom. The number of hydrogen-bond acceptors (Lipinski definition) is 3. The molecule has 0 aliphatic carbocycles. The molecule has 0 unspecified atom stereocenters. The average molecular weight is 222 g/mol. The molecular weight excluding hydrogens is 204 g/mol. The lowest BCUT2D eigenvalue weighted by Gasteiger charge is -2.26. The molecule has 1 aliphatic rings. The first-order chi connectivity index (χ1) is 7.68. The molecule has 1 saturated heterocycles. The zero-order valence-corrected chi connectivity index (χ0v) is 9.81. The van der Waals surface area contributed by atoms with Gasteiger partial charge in [-0.25, -0.2) is 4.98 Å². The molecule has 0 spiro atoms. The first kappa shape index (κ1) is 11.1. The second-order valence-corrected chi connectivity index (χ2v) is 4.34. The molecule has 1 amide bonds. The molecule has 1 aromatic heterocycles. The topological polar surface area (TPSA) is 50.2 Å². The van der Waals surface area contributed by atoms with E-state index in [1.807, 2.05) is 15.7 Å². The summed E-state index contributed by atoms with van der Waals surface area (Å²) in [5.41, 5.74) is 0.551. The molecule has 1 fully saturated rings. The SMILES string of the molecule is CC(C)n1cnc(C(=O)N2CCNCC2)c1. The summed E-state index contributed by atoms with van der Waals surface area (Å²) in [6.45, 7) is 7.43. The summed E-state index contributed by atoms with van der Waals surface area (Å²) >= 11 is 0. The van der Waals surface area contributed by atoms with Crippen LogP contribution in [0.1, 0.15) is 30.4 Å². The lowest BCUT2D eigenvalue weighted by molar-refractivity contribution is 0.0730. The van der Waals surface area contributed by atoms with Crippen molar-refractivity contribution in [3.8, 4) is 0 Å². The Hall–Kier alpha value is -1.36. The van der Waals surface area contributed by atoms with Crippen molar-refractivity contribution in [2.45, 2.75) is 19.9 Å². The molecule has 5 nitrogen and oxygen atoms in total. The van der Waals surface area contributed by atoms with E-state index >= 15 is 0 Å². The molecule has 0 atom stereocenters. The highest BCUT2D eigenvalue weighted by Crippen LogP contribution is 2.08. The van der Waals surface area contributed by atoms with Crippen molar-refractivity contribution in [2.24, 2.45) is 0 Å². The second-order valence-electron chi connectivity index (χ2n) is 4.34. The zero-order chi connectivity index (χ0) is 11.5. The number of nitrogens with one attached hydrogen (secondary N) is 1. The van der Waals surface area contributed by atoms with Gasteiger partial charge < -0.3 is 14.8 Å². The Morgan fingerprint density at radius 1 is 1.44 bits per heavy atom. The van der Waals surface area contributed by atoms with Gasteiger partial charge in [0.1, 0.15) is 5.69 Å². The lowest BCUT2D eigenvalue weighted by Crippen LogP contribution is -2.46. The van der Waals surface area contributed by atoms with Crippen LogP contribution in [0, 0.1) is 0 Å². The molecule has 2 rings (SSSR count). The van der Waals surface area contributed by atoms with Gasteiger partial charge in [0.15, 0.2) is 0 Å². The summed E-state index contributed by atoms with van der Waals surface area (Å²) in [7, 11) is 0. The summed E-state index contributed by atoms with van der Waals surface area (Å²) in [6, 6.07) is 0.345. The van der Waals surface area contributed by atoms with E-state index in [1.165, 1.54) is 0 Å². The smallest absolute Gasteiger partial charge is 0.274 e. The number of hydrogen-bond donors (Lipinski definition) is 1. The largest absolute Gasteiger partial charge is 0.335 e. The molecule has 2 heterocycles. The Morgan fingerprint density at radius 2 is 2.12 bits per heavy atom. The van der Waals surface area contributed by atoms with Gasteiger partial charge in [-0.05, 0) is 13.8 Å². The maximum absolute atomic E-state index is 12.1. The third-order valence-electron chi connectivity index (χ3n) is 2.82. The van der Waals surface area contributed by atoms with Crippen molar-refractivity contribution in [1.82, 2.24) is 19.8 Å². The molecule has 0 radical (unpaired) electrons. The van der Waals surface area contributed by atoms with Crippen molar-refractivity contribution in [3.05, 3.63) is 18.2 Å².